The van der Waals surface area contributed by atoms with E-state index in [2.05, 4.69) is 0 Å². The lowest BCUT2D eigenvalue weighted by atomic mass is 9.75. The van der Waals surface area contributed by atoms with E-state index in [0.29, 0.717) is 22.6 Å². The predicted octanol–water partition coefficient (Wildman–Crippen LogP) is 5.36. The number of benzene rings is 4. The zero-order chi connectivity index (χ0) is 29.4. The van der Waals surface area contributed by atoms with Crippen LogP contribution < -0.4 is 20.9 Å². The van der Waals surface area contributed by atoms with Crippen molar-refractivity contribution in [2.45, 2.75) is 25.7 Å². The van der Waals surface area contributed by atoms with Crippen LogP contribution in [0.5, 0.6) is 11.5 Å². The number of esters is 2. The van der Waals surface area contributed by atoms with Gasteiger partial charge in [-0.2, -0.15) is 0 Å². The summed E-state index contributed by atoms with van der Waals surface area (Å²) in [6.45, 7) is 3.83. The van der Waals surface area contributed by atoms with Crippen molar-refractivity contribution in [3.63, 3.8) is 0 Å². The summed E-state index contributed by atoms with van der Waals surface area (Å²) in [4.78, 5) is 26.8. The van der Waals surface area contributed by atoms with Crippen LogP contribution in [-0.2, 0) is 19.1 Å². The molecule has 0 aromatic heterocycles. The first-order chi connectivity index (χ1) is 20.4. The van der Waals surface area contributed by atoms with E-state index in [0.717, 1.165) is 21.9 Å². The standard InChI is InChI=1S/C34H30N2O6/c1-3-39-33(37)29-25(19-11-7-5-8-12-19)27-22(41-31(29)35)17-15-21-16-18-23-28(24(21)27)26(20-13-9-6-10-14-20)30(32(36)42-23)34(38)40-4-2/h5-18,25-26H,3-4,35-36H2,1-2H3/t25-,26-/m0/s1. The molecule has 4 aromatic carbocycles. The Kier molecular flexibility index (Phi) is 7.04. The van der Waals surface area contributed by atoms with Gasteiger partial charge < -0.3 is 30.4 Å². The third-order valence-corrected chi connectivity index (χ3v) is 7.57. The van der Waals surface area contributed by atoms with Crippen LogP contribution in [0, 0.1) is 0 Å². The topological polar surface area (TPSA) is 123 Å². The summed E-state index contributed by atoms with van der Waals surface area (Å²) < 4.78 is 23.2. The Bertz CT molecular complexity index is 1640. The van der Waals surface area contributed by atoms with Crippen LogP contribution in [0.4, 0.5) is 0 Å². The van der Waals surface area contributed by atoms with Gasteiger partial charge in [0, 0.05) is 11.1 Å². The third-order valence-electron chi connectivity index (χ3n) is 7.57. The van der Waals surface area contributed by atoms with Crippen LogP contribution in [-0.4, -0.2) is 25.2 Å². The second kappa shape index (κ2) is 11.0. The predicted molar refractivity (Wildman–Crippen MR) is 157 cm³/mol. The van der Waals surface area contributed by atoms with Gasteiger partial charge in [-0.15, -0.1) is 0 Å². The number of hydrogen-bond donors (Lipinski definition) is 2. The molecule has 0 saturated heterocycles. The van der Waals surface area contributed by atoms with Gasteiger partial charge in [0.2, 0.25) is 11.8 Å². The summed E-state index contributed by atoms with van der Waals surface area (Å²) >= 11 is 0. The zero-order valence-electron chi connectivity index (χ0n) is 23.3. The highest BCUT2D eigenvalue weighted by atomic mass is 16.5. The SMILES string of the molecule is CCOC(=O)C1=C(N)Oc2ccc3ccc4c(c3c2[C@@H]1c1ccccc1)[C@H](c1ccccc1)C(C(=O)OCC)=C(N)O4. The molecule has 42 heavy (non-hydrogen) atoms. The fraction of sp³-hybridized carbons (Fsp3) is 0.176. The maximum absolute atomic E-state index is 13.4. The van der Waals surface area contributed by atoms with Gasteiger partial charge in [0.05, 0.1) is 25.0 Å². The lowest BCUT2D eigenvalue weighted by molar-refractivity contribution is -0.140. The van der Waals surface area contributed by atoms with Gasteiger partial charge in [-0.3, -0.25) is 0 Å². The van der Waals surface area contributed by atoms with Crippen molar-refractivity contribution in [3.05, 3.63) is 130 Å². The molecule has 0 spiro atoms. The smallest absolute Gasteiger partial charge is 0.340 e. The molecule has 4 N–H and O–H groups in total. The second-order valence-electron chi connectivity index (χ2n) is 9.94. The quantitative estimate of drug-likeness (QED) is 0.301. The van der Waals surface area contributed by atoms with Crippen molar-refractivity contribution < 1.29 is 28.5 Å². The molecule has 0 radical (unpaired) electrons. The van der Waals surface area contributed by atoms with Gasteiger partial charge in [0.1, 0.15) is 22.6 Å². The summed E-state index contributed by atoms with van der Waals surface area (Å²) in [5, 5.41) is 1.62. The van der Waals surface area contributed by atoms with E-state index in [1.165, 1.54) is 0 Å². The average molecular weight is 563 g/mol. The van der Waals surface area contributed by atoms with Crippen LogP contribution in [0.1, 0.15) is 47.9 Å². The second-order valence-corrected chi connectivity index (χ2v) is 9.94. The molecular weight excluding hydrogens is 532 g/mol. The lowest BCUT2D eigenvalue weighted by Gasteiger charge is -2.34. The largest absolute Gasteiger partial charge is 0.462 e. The van der Waals surface area contributed by atoms with Gasteiger partial charge in [0.25, 0.3) is 0 Å². The fourth-order valence-electron chi connectivity index (χ4n) is 5.92. The number of fused-ring (bicyclic) bond motifs is 5. The monoisotopic (exact) mass is 562 g/mol. The van der Waals surface area contributed by atoms with E-state index in [4.69, 9.17) is 30.4 Å². The summed E-state index contributed by atoms with van der Waals surface area (Å²) in [6, 6.07) is 26.7. The summed E-state index contributed by atoms with van der Waals surface area (Å²) in [5.74, 6) is -1.46. The molecule has 2 aliphatic rings. The Hall–Kier alpha value is -5.24. The van der Waals surface area contributed by atoms with Crippen LogP contribution in [0.3, 0.4) is 0 Å². The molecule has 212 valence electrons. The highest BCUT2D eigenvalue weighted by Crippen LogP contribution is 2.52. The first-order valence-corrected chi connectivity index (χ1v) is 13.8. The van der Waals surface area contributed by atoms with Gasteiger partial charge >= 0.3 is 11.9 Å². The molecule has 0 saturated carbocycles. The van der Waals surface area contributed by atoms with Crippen molar-refractivity contribution in [1.29, 1.82) is 0 Å². The maximum atomic E-state index is 13.4. The van der Waals surface area contributed by atoms with Crippen molar-refractivity contribution in [2.75, 3.05) is 13.2 Å². The van der Waals surface area contributed by atoms with Gasteiger partial charge in [0.15, 0.2) is 0 Å². The minimum absolute atomic E-state index is 0.0221. The Morgan fingerprint density at radius 2 is 1.05 bits per heavy atom. The van der Waals surface area contributed by atoms with Crippen molar-refractivity contribution in [1.82, 2.24) is 0 Å². The average Bonchev–Trinajstić information content (AvgIpc) is 3.00. The number of rotatable bonds is 6. The first-order valence-electron chi connectivity index (χ1n) is 13.8. The number of hydrogen-bond acceptors (Lipinski definition) is 8. The Balaban J connectivity index is 1.71. The van der Waals surface area contributed by atoms with Crippen molar-refractivity contribution in [3.8, 4) is 11.5 Å². The van der Waals surface area contributed by atoms with Crippen LogP contribution in [0.2, 0.25) is 0 Å². The van der Waals surface area contributed by atoms with E-state index in [1.54, 1.807) is 13.8 Å². The zero-order valence-corrected chi connectivity index (χ0v) is 23.3. The molecule has 2 heterocycles. The first kappa shape index (κ1) is 27.0. The molecule has 8 nitrogen and oxygen atoms in total. The number of ether oxygens (including phenoxy) is 4. The van der Waals surface area contributed by atoms with Crippen LogP contribution in [0.15, 0.2) is 108 Å². The van der Waals surface area contributed by atoms with Crippen molar-refractivity contribution in [2.24, 2.45) is 11.5 Å². The minimum atomic E-state index is -0.630. The molecule has 2 atom stereocenters. The Morgan fingerprint density at radius 1 is 0.643 bits per heavy atom. The molecular formula is C34H30N2O6. The molecule has 0 fully saturated rings. The molecule has 0 unspecified atom stereocenters. The van der Waals surface area contributed by atoms with E-state index in [9.17, 15) is 9.59 Å². The van der Waals surface area contributed by atoms with E-state index in [1.807, 2.05) is 84.9 Å². The molecule has 2 aliphatic heterocycles. The van der Waals surface area contributed by atoms with Crippen molar-refractivity contribution >= 4 is 22.7 Å². The van der Waals surface area contributed by atoms with Gasteiger partial charge in [-0.1, -0.05) is 72.8 Å². The summed E-state index contributed by atoms with van der Waals surface area (Å²) in [6.07, 6.45) is 0. The number of nitrogens with two attached hydrogens (primary N) is 2. The molecule has 8 heteroatoms. The lowest BCUT2D eigenvalue weighted by Crippen LogP contribution is -2.29. The Labute approximate surface area is 243 Å². The summed E-state index contributed by atoms with van der Waals surface area (Å²) in [7, 11) is 0. The van der Waals surface area contributed by atoms with E-state index < -0.39 is 23.8 Å². The normalized spacial score (nSPS) is 17.6. The minimum Gasteiger partial charge on any atom is -0.462 e. The highest BCUT2D eigenvalue weighted by molar-refractivity contribution is 6.02. The fourth-order valence-corrected chi connectivity index (χ4v) is 5.92. The third kappa shape index (κ3) is 4.41. The maximum Gasteiger partial charge on any atom is 0.340 e. The van der Waals surface area contributed by atoms with E-state index in [-0.39, 0.29) is 36.1 Å². The molecule has 6 rings (SSSR count). The highest BCUT2D eigenvalue weighted by Gasteiger charge is 2.41. The number of carbonyl (C=O) groups is 2. The summed E-state index contributed by atoms with van der Waals surface area (Å²) in [5.41, 5.74) is 16.3. The Morgan fingerprint density at radius 3 is 1.43 bits per heavy atom. The van der Waals surface area contributed by atoms with Gasteiger partial charge in [-0.05, 0) is 47.9 Å². The van der Waals surface area contributed by atoms with E-state index >= 15 is 0 Å². The molecule has 4 aromatic rings. The molecule has 0 aliphatic carbocycles. The molecule has 0 amide bonds. The molecule has 0 bridgehead atoms. The number of carbonyl (C=O) groups excluding carboxylic acids is 2. The van der Waals surface area contributed by atoms with Crippen LogP contribution in [0.25, 0.3) is 10.8 Å². The van der Waals surface area contributed by atoms with Crippen LogP contribution >= 0.6 is 0 Å². The van der Waals surface area contributed by atoms with Gasteiger partial charge in [-0.25, -0.2) is 9.59 Å².